The van der Waals surface area contributed by atoms with Gasteiger partial charge in [-0.2, -0.15) is 5.10 Å². The van der Waals surface area contributed by atoms with Gasteiger partial charge in [-0.05, 0) is 19.3 Å². The van der Waals surface area contributed by atoms with Gasteiger partial charge in [0.1, 0.15) is 0 Å². The smallest absolute Gasteiger partial charge is 0.257 e. The van der Waals surface area contributed by atoms with Crippen LogP contribution in [0.5, 0.6) is 0 Å². The summed E-state index contributed by atoms with van der Waals surface area (Å²) in [4.78, 5) is 25.5. The number of amides is 2. The van der Waals surface area contributed by atoms with Gasteiger partial charge in [-0.15, -0.1) is 0 Å². The molecule has 2 rings (SSSR count). The number of rotatable bonds is 3. The number of nitrogens with two attached hydrogens (primary N) is 1. The Morgan fingerprint density at radius 2 is 2.39 bits per heavy atom. The van der Waals surface area contributed by atoms with Gasteiger partial charge in [0.15, 0.2) is 0 Å². The molecule has 1 saturated heterocycles. The Morgan fingerprint density at radius 1 is 1.61 bits per heavy atom. The largest absolute Gasteiger partial charge is 0.369 e. The number of likely N-dealkylation sites (tertiary alicyclic amines) is 1. The normalized spacial score (nSPS) is 23.9. The maximum absolute atomic E-state index is 12.2. The topological polar surface area (TPSA) is 92.1 Å². The van der Waals surface area contributed by atoms with E-state index in [1.54, 1.807) is 11.1 Å². The van der Waals surface area contributed by atoms with Crippen LogP contribution in [-0.2, 0) is 4.79 Å². The maximum Gasteiger partial charge on any atom is 0.257 e. The van der Waals surface area contributed by atoms with Crippen molar-refractivity contribution in [3.8, 4) is 0 Å². The minimum Gasteiger partial charge on any atom is -0.369 e. The highest BCUT2D eigenvalue weighted by atomic mass is 16.2. The fourth-order valence-corrected chi connectivity index (χ4v) is 2.52. The fourth-order valence-electron chi connectivity index (χ4n) is 2.52. The molecule has 0 bridgehead atoms. The fraction of sp³-hybridized carbons (Fsp3) is 0.583. The molecule has 98 valence electrons. The Balaban J connectivity index is 2.16. The standard InChI is InChI=1S/C12H18N4O2/c1-2-12(11(13)18)4-3-5-16(8-12)10(17)9-6-14-15-7-9/h6-7H,2-5,8H2,1H3,(H2,13,18)(H,14,15)/t12-/m1/s1. The lowest BCUT2D eigenvalue weighted by Gasteiger charge is -2.40. The molecule has 1 aromatic rings. The number of aromatic nitrogens is 2. The van der Waals surface area contributed by atoms with E-state index < -0.39 is 5.41 Å². The van der Waals surface area contributed by atoms with E-state index in [0.717, 1.165) is 12.8 Å². The second-order valence-corrected chi connectivity index (χ2v) is 4.82. The Hall–Kier alpha value is -1.85. The van der Waals surface area contributed by atoms with Crippen molar-refractivity contribution >= 4 is 11.8 Å². The summed E-state index contributed by atoms with van der Waals surface area (Å²) in [5.74, 6) is -0.405. The van der Waals surface area contributed by atoms with Crippen molar-refractivity contribution in [1.82, 2.24) is 15.1 Å². The number of piperidine rings is 1. The summed E-state index contributed by atoms with van der Waals surface area (Å²) in [6.45, 7) is 3.01. The molecule has 0 saturated carbocycles. The zero-order chi connectivity index (χ0) is 13.2. The van der Waals surface area contributed by atoms with Crippen molar-refractivity contribution in [2.24, 2.45) is 11.1 Å². The van der Waals surface area contributed by atoms with Crippen LogP contribution in [0.25, 0.3) is 0 Å². The predicted octanol–water partition coefficient (Wildman–Crippen LogP) is 0.527. The van der Waals surface area contributed by atoms with E-state index in [2.05, 4.69) is 10.2 Å². The van der Waals surface area contributed by atoms with Crippen LogP contribution < -0.4 is 5.73 Å². The molecule has 6 nitrogen and oxygen atoms in total. The molecular weight excluding hydrogens is 232 g/mol. The molecule has 1 aliphatic rings. The van der Waals surface area contributed by atoms with Gasteiger partial charge in [0.2, 0.25) is 5.91 Å². The molecule has 2 heterocycles. The molecular formula is C12H18N4O2. The van der Waals surface area contributed by atoms with Crippen LogP contribution in [0.2, 0.25) is 0 Å². The van der Waals surface area contributed by atoms with Crippen LogP contribution in [0.15, 0.2) is 12.4 Å². The van der Waals surface area contributed by atoms with Crippen LogP contribution in [0.1, 0.15) is 36.5 Å². The van der Waals surface area contributed by atoms with Gasteiger partial charge in [-0.1, -0.05) is 6.92 Å². The molecule has 0 aliphatic carbocycles. The summed E-state index contributed by atoms with van der Waals surface area (Å²) in [7, 11) is 0. The first-order chi connectivity index (χ1) is 8.59. The summed E-state index contributed by atoms with van der Waals surface area (Å²) in [6, 6.07) is 0. The average Bonchev–Trinajstić information content (AvgIpc) is 2.91. The average molecular weight is 250 g/mol. The van der Waals surface area contributed by atoms with Gasteiger partial charge in [-0.25, -0.2) is 0 Å². The second kappa shape index (κ2) is 4.80. The van der Waals surface area contributed by atoms with Crippen molar-refractivity contribution in [1.29, 1.82) is 0 Å². The van der Waals surface area contributed by atoms with Crippen molar-refractivity contribution < 1.29 is 9.59 Å². The first-order valence-corrected chi connectivity index (χ1v) is 6.17. The van der Waals surface area contributed by atoms with Crippen molar-refractivity contribution in [3.05, 3.63) is 18.0 Å². The summed E-state index contributed by atoms with van der Waals surface area (Å²) < 4.78 is 0. The number of H-pyrrole nitrogens is 1. The number of aromatic amines is 1. The van der Waals surface area contributed by atoms with Gasteiger partial charge in [0, 0.05) is 19.3 Å². The molecule has 1 aromatic heterocycles. The number of hydrogen-bond acceptors (Lipinski definition) is 3. The highest BCUT2D eigenvalue weighted by molar-refractivity contribution is 5.94. The molecule has 1 aliphatic heterocycles. The van der Waals surface area contributed by atoms with Gasteiger partial charge in [-0.3, -0.25) is 14.7 Å². The van der Waals surface area contributed by atoms with E-state index in [-0.39, 0.29) is 11.8 Å². The minimum atomic E-state index is -0.572. The SMILES string of the molecule is CC[C@@]1(C(N)=O)CCCN(C(=O)c2cn[nH]c2)C1. The maximum atomic E-state index is 12.2. The van der Waals surface area contributed by atoms with E-state index in [9.17, 15) is 9.59 Å². The first kappa shape index (κ1) is 12.6. The number of nitrogens with one attached hydrogen (secondary N) is 1. The van der Waals surface area contributed by atoms with E-state index in [1.807, 2.05) is 6.92 Å². The van der Waals surface area contributed by atoms with Crippen LogP contribution >= 0.6 is 0 Å². The Morgan fingerprint density at radius 3 is 2.94 bits per heavy atom. The molecule has 1 fully saturated rings. The minimum absolute atomic E-state index is 0.0949. The lowest BCUT2D eigenvalue weighted by atomic mass is 9.77. The molecule has 0 unspecified atom stereocenters. The molecule has 2 amide bonds. The zero-order valence-electron chi connectivity index (χ0n) is 10.5. The van der Waals surface area contributed by atoms with E-state index in [1.165, 1.54) is 6.20 Å². The van der Waals surface area contributed by atoms with Gasteiger partial charge < -0.3 is 10.6 Å². The second-order valence-electron chi connectivity index (χ2n) is 4.82. The monoisotopic (exact) mass is 250 g/mol. The number of carbonyl (C=O) groups is 2. The summed E-state index contributed by atoms with van der Waals surface area (Å²) >= 11 is 0. The van der Waals surface area contributed by atoms with Gasteiger partial charge in [0.05, 0.1) is 17.2 Å². The molecule has 0 radical (unpaired) electrons. The Kier molecular flexibility index (Phi) is 3.36. The Bertz CT molecular complexity index is 443. The summed E-state index contributed by atoms with van der Waals surface area (Å²) in [6.07, 6.45) is 5.29. The van der Waals surface area contributed by atoms with Crippen LogP contribution in [0.3, 0.4) is 0 Å². The molecule has 18 heavy (non-hydrogen) atoms. The van der Waals surface area contributed by atoms with Crippen LogP contribution in [0.4, 0.5) is 0 Å². The third-order valence-electron chi connectivity index (χ3n) is 3.81. The number of primary amides is 1. The highest BCUT2D eigenvalue weighted by Crippen LogP contribution is 2.33. The van der Waals surface area contributed by atoms with Crippen LogP contribution in [0, 0.1) is 5.41 Å². The van der Waals surface area contributed by atoms with Crippen molar-refractivity contribution in [2.75, 3.05) is 13.1 Å². The zero-order valence-corrected chi connectivity index (χ0v) is 10.5. The molecule has 6 heteroatoms. The van der Waals surface area contributed by atoms with Gasteiger partial charge >= 0.3 is 0 Å². The van der Waals surface area contributed by atoms with Crippen LogP contribution in [-0.4, -0.2) is 40.0 Å². The lowest BCUT2D eigenvalue weighted by Crippen LogP contribution is -2.51. The molecule has 1 atom stereocenters. The van der Waals surface area contributed by atoms with E-state index in [0.29, 0.717) is 25.1 Å². The first-order valence-electron chi connectivity index (χ1n) is 6.17. The summed E-state index contributed by atoms with van der Waals surface area (Å²) in [5, 5.41) is 6.38. The molecule has 0 spiro atoms. The highest BCUT2D eigenvalue weighted by Gasteiger charge is 2.40. The summed E-state index contributed by atoms with van der Waals surface area (Å²) in [5.41, 5.74) is 5.45. The number of nitrogens with zero attached hydrogens (tertiary/aromatic N) is 2. The van der Waals surface area contributed by atoms with Crippen molar-refractivity contribution in [2.45, 2.75) is 26.2 Å². The third-order valence-corrected chi connectivity index (χ3v) is 3.81. The van der Waals surface area contributed by atoms with Crippen molar-refractivity contribution in [3.63, 3.8) is 0 Å². The number of carbonyl (C=O) groups excluding carboxylic acids is 2. The van der Waals surface area contributed by atoms with Gasteiger partial charge in [0.25, 0.3) is 5.91 Å². The predicted molar refractivity (Wildman–Crippen MR) is 65.6 cm³/mol. The quantitative estimate of drug-likeness (QED) is 0.819. The molecule has 0 aromatic carbocycles. The van der Waals surface area contributed by atoms with E-state index >= 15 is 0 Å². The Labute approximate surface area is 106 Å². The third kappa shape index (κ3) is 2.10. The lowest BCUT2D eigenvalue weighted by molar-refractivity contribution is -0.130. The number of hydrogen-bond donors (Lipinski definition) is 2. The molecule has 3 N–H and O–H groups in total. The van der Waals surface area contributed by atoms with E-state index in [4.69, 9.17) is 5.73 Å².